The van der Waals surface area contributed by atoms with Crippen LogP contribution in [0.15, 0.2) is 66.9 Å². The number of hydrogen-bond donors (Lipinski definition) is 1. The molecule has 0 unspecified atom stereocenters. The summed E-state index contributed by atoms with van der Waals surface area (Å²) in [5.41, 5.74) is 3.88. The molecular weight excluding hydrogens is 284 g/mol. The van der Waals surface area contributed by atoms with Crippen molar-refractivity contribution in [2.24, 2.45) is 0 Å². The van der Waals surface area contributed by atoms with E-state index in [0.717, 1.165) is 43.8 Å². The number of nitrogens with one attached hydrogen (secondary N) is 1. The molecule has 0 aliphatic rings. The number of fused-ring (bicyclic) bond motifs is 4. The zero-order valence-electron chi connectivity index (χ0n) is 12.2. The van der Waals surface area contributed by atoms with E-state index in [0.29, 0.717) is 0 Å². The predicted octanol–water partition coefficient (Wildman–Crippen LogP) is 4.33. The van der Waals surface area contributed by atoms with Gasteiger partial charge in [-0.1, -0.05) is 48.5 Å². The Balaban J connectivity index is 2.00. The Morgan fingerprint density at radius 2 is 1.65 bits per heavy atom. The number of benzene rings is 3. The van der Waals surface area contributed by atoms with Crippen LogP contribution in [0.25, 0.3) is 43.8 Å². The Bertz CT molecular complexity index is 1160. The molecule has 0 spiro atoms. The molecule has 2 aromatic heterocycles. The van der Waals surface area contributed by atoms with E-state index in [1.807, 2.05) is 24.3 Å². The molecule has 23 heavy (non-hydrogen) atoms. The summed E-state index contributed by atoms with van der Waals surface area (Å²) in [6.45, 7) is 0. The highest BCUT2D eigenvalue weighted by Crippen LogP contribution is 2.33. The molecule has 4 nitrogen and oxygen atoms in total. The van der Waals surface area contributed by atoms with Crippen LogP contribution >= 0.6 is 0 Å². The first-order valence-electron chi connectivity index (χ1n) is 7.47. The van der Waals surface area contributed by atoms with Gasteiger partial charge in [0.25, 0.3) is 0 Å². The third kappa shape index (κ3) is 1.82. The van der Waals surface area contributed by atoms with Gasteiger partial charge < -0.3 is 0 Å². The van der Waals surface area contributed by atoms with Crippen LogP contribution in [0.2, 0.25) is 0 Å². The van der Waals surface area contributed by atoms with Crippen molar-refractivity contribution in [2.75, 3.05) is 0 Å². The van der Waals surface area contributed by atoms with Crippen LogP contribution in [0, 0.1) is 0 Å². The summed E-state index contributed by atoms with van der Waals surface area (Å²) in [6.07, 6.45) is 1.74. The summed E-state index contributed by atoms with van der Waals surface area (Å²) in [5, 5.41) is 15.4. The lowest BCUT2D eigenvalue weighted by Gasteiger charge is -2.09. The number of H-pyrrole nitrogens is 1. The molecule has 5 aromatic rings. The van der Waals surface area contributed by atoms with Gasteiger partial charge in [-0.25, -0.2) is 4.98 Å². The van der Waals surface area contributed by atoms with E-state index in [-0.39, 0.29) is 0 Å². The van der Waals surface area contributed by atoms with Gasteiger partial charge in [0.15, 0.2) is 0 Å². The Morgan fingerprint density at radius 1 is 0.783 bits per heavy atom. The SMILES string of the molecule is c1ccc2nc3c(ccc4cccc(-c5cn[nH]n5)c43)cc2c1. The highest BCUT2D eigenvalue weighted by Gasteiger charge is 2.11. The summed E-state index contributed by atoms with van der Waals surface area (Å²) < 4.78 is 0. The number of para-hydroxylation sites is 1. The average Bonchev–Trinajstić information content (AvgIpc) is 3.14. The highest BCUT2D eigenvalue weighted by atomic mass is 15.3. The number of rotatable bonds is 1. The van der Waals surface area contributed by atoms with Crippen molar-refractivity contribution in [1.82, 2.24) is 20.4 Å². The van der Waals surface area contributed by atoms with Gasteiger partial charge in [-0.05, 0) is 17.5 Å². The standard InChI is InChI=1S/C19H12N4/c1-2-7-16-13(4-1)10-14-9-8-12-5-3-6-15(17-11-20-23-22-17)18(12)19(14)21-16/h1-11H,(H,20,22,23). The maximum atomic E-state index is 4.92. The smallest absolute Gasteiger partial charge is 0.113 e. The molecule has 1 N–H and O–H groups in total. The molecular formula is C19H12N4. The molecule has 3 aromatic carbocycles. The third-order valence-electron chi connectivity index (χ3n) is 4.22. The Hall–Kier alpha value is -3.27. The second-order valence-electron chi connectivity index (χ2n) is 5.58. The maximum absolute atomic E-state index is 4.92. The number of pyridine rings is 1. The fourth-order valence-corrected chi connectivity index (χ4v) is 3.16. The van der Waals surface area contributed by atoms with Crippen molar-refractivity contribution in [2.45, 2.75) is 0 Å². The normalized spacial score (nSPS) is 11.5. The van der Waals surface area contributed by atoms with Crippen molar-refractivity contribution < 1.29 is 0 Å². The van der Waals surface area contributed by atoms with E-state index in [9.17, 15) is 0 Å². The van der Waals surface area contributed by atoms with Gasteiger partial charge in [-0.3, -0.25) is 0 Å². The molecule has 0 bridgehead atoms. The van der Waals surface area contributed by atoms with Gasteiger partial charge in [0, 0.05) is 21.7 Å². The van der Waals surface area contributed by atoms with Crippen molar-refractivity contribution in [1.29, 1.82) is 0 Å². The van der Waals surface area contributed by atoms with E-state index >= 15 is 0 Å². The number of aromatic amines is 1. The second-order valence-corrected chi connectivity index (χ2v) is 5.58. The molecule has 5 rings (SSSR count). The van der Waals surface area contributed by atoms with E-state index < -0.39 is 0 Å². The first kappa shape index (κ1) is 12.3. The molecule has 0 saturated carbocycles. The quantitative estimate of drug-likeness (QED) is 0.370. The number of hydrogen-bond acceptors (Lipinski definition) is 3. The Morgan fingerprint density at radius 3 is 2.57 bits per heavy atom. The van der Waals surface area contributed by atoms with Crippen molar-refractivity contribution >= 4 is 32.6 Å². The maximum Gasteiger partial charge on any atom is 0.113 e. The fraction of sp³-hybridized carbons (Fsp3) is 0. The van der Waals surface area contributed by atoms with Crippen molar-refractivity contribution in [3.05, 3.63) is 66.9 Å². The molecule has 108 valence electrons. The topological polar surface area (TPSA) is 54.5 Å². The van der Waals surface area contributed by atoms with E-state index in [1.54, 1.807) is 6.20 Å². The van der Waals surface area contributed by atoms with Crippen LogP contribution in [0.3, 0.4) is 0 Å². The molecule has 4 heteroatoms. The summed E-state index contributed by atoms with van der Waals surface area (Å²) >= 11 is 0. The lowest BCUT2D eigenvalue weighted by Crippen LogP contribution is -1.88. The molecule has 0 fully saturated rings. The molecule has 0 saturated heterocycles. The van der Waals surface area contributed by atoms with Crippen LogP contribution in [0.1, 0.15) is 0 Å². The molecule has 0 atom stereocenters. The van der Waals surface area contributed by atoms with Crippen LogP contribution in [-0.4, -0.2) is 20.4 Å². The third-order valence-corrected chi connectivity index (χ3v) is 4.22. The second kappa shape index (κ2) is 4.61. The van der Waals surface area contributed by atoms with Crippen LogP contribution in [0.4, 0.5) is 0 Å². The summed E-state index contributed by atoms with van der Waals surface area (Å²) in [7, 11) is 0. The molecule has 0 amide bonds. The van der Waals surface area contributed by atoms with Crippen molar-refractivity contribution in [3.63, 3.8) is 0 Å². The average molecular weight is 296 g/mol. The first-order valence-corrected chi connectivity index (χ1v) is 7.47. The number of aromatic nitrogens is 4. The Kier molecular flexibility index (Phi) is 2.46. The van der Waals surface area contributed by atoms with Gasteiger partial charge >= 0.3 is 0 Å². The zero-order chi connectivity index (χ0) is 15.2. The van der Waals surface area contributed by atoms with Crippen LogP contribution < -0.4 is 0 Å². The van der Waals surface area contributed by atoms with Crippen LogP contribution in [0.5, 0.6) is 0 Å². The Labute approximate surface area is 131 Å². The van der Waals surface area contributed by atoms with Gasteiger partial charge in [0.05, 0.1) is 17.2 Å². The molecule has 0 aliphatic heterocycles. The van der Waals surface area contributed by atoms with Crippen molar-refractivity contribution in [3.8, 4) is 11.3 Å². The minimum atomic E-state index is 0.832. The minimum Gasteiger partial charge on any atom is -0.247 e. The zero-order valence-corrected chi connectivity index (χ0v) is 12.2. The fourth-order valence-electron chi connectivity index (χ4n) is 3.16. The lowest BCUT2D eigenvalue weighted by molar-refractivity contribution is 0.942. The number of nitrogens with zero attached hydrogens (tertiary/aromatic N) is 3. The van der Waals surface area contributed by atoms with E-state index in [1.165, 1.54) is 0 Å². The highest BCUT2D eigenvalue weighted by molar-refractivity contribution is 6.14. The van der Waals surface area contributed by atoms with Crippen LogP contribution in [-0.2, 0) is 0 Å². The van der Waals surface area contributed by atoms with Gasteiger partial charge in [0.2, 0.25) is 0 Å². The summed E-state index contributed by atoms with van der Waals surface area (Å²) in [6, 6.07) is 20.9. The molecule has 2 heterocycles. The van der Waals surface area contributed by atoms with Gasteiger partial charge in [-0.2, -0.15) is 15.4 Å². The molecule has 0 radical (unpaired) electrons. The molecule has 0 aliphatic carbocycles. The van der Waals surface area contributed by atoms with E-state index in [4.69, 9.17) is 4.98 Å². The predicted molar refractivity (Wildman–Crippen MR) is 92.1 cm³/mol. The minimum absolute atomic E-state index is 0.832. The summed E-state index contributed by atoms with van der Waals surface area (Å²) in [4.78, 5) is 4.92. The monoisotopic (exact) mass is 296 g/mol. The first-order chi connectivity index (χ1) is 11.4. The van der Waals surface area contributed by atoms with Gasteiger partial charge in [-0.15, -0.1) is 0 Å². The van der Waals surface area contributed by atoms with Gasteiger partial charge in [0.1, 0.15) is 5.69 Å². The van der Waals surface area contributed by atoms with E-state index in [2.05, 4.69) is 51.8 Å². The summed E-state index contributed by atoms with van der Waals surface area (Å²) in [5.74, 6) is 0. The lowest BCUT2D eigenvalue weighted by atomic mass is 9.98. The largest absolute Gasteiger partial charge is 0.247 e.